The molecular formula is C4H10FO. The van der Waals surface area contributed by atoms with Crippen LogP contribution in [0.3, 0.4) is 0 Å². The predicted octanol–water partition coefficient (Wildman–Crippen LogP) is 1.37. The minimum Gasteiger partial charge on any atom is -0.269 e. The van der Waals surface area contributed by atoms with Gasteiger partial charge in [-0.3, -0.25) is 4.70 Å². The van der Waals surface area contributed by atoms with E-state index in [-0.39, 0.29) is 11.3 Å². The summed E-state index contributed by atoms with van der Waals surface area (Å²) in [5.41, 5.74) is 0. The van der Waals surface area contributed by atoms with Gasteiger partial charge in [0, 0.05) is 0 Å². The molecule has 0 bridgehead atoms. The number of hydrogen-bond acceptors (Lipinski definition) is 0. The Morgan fingerprint density at radius 2 is 2.00 bits per heavy atom. The van der Waals surface area contributed by atoms with E-state index < -0.39 is 0 Å². The van der Waals surface area contributed by atoms with E-state index in [1.807, 2.05) is 6.92 Å². The van der Waals surface area contributed by atoms with Crippen molar-refractivity contribution in [1.29, 1.82) is 0 Å². The summed E-state index contributed by atoms with van der Waals surface area (Å²) in [6.45, 7) is 2.11. The third-order valence-electron chi connectivity index (χ3n) is 0.498. The second-order valence-electron chi connectivity index (χ2n) is 1.06. The molecule has 0 fully saturated rings. The highest BCUT2D eigenvalue weighted by molar-refractivity contribution is 4.22. The van der Waals surface area contributed by atoms with Gasteiger partial charge in [0.15, 0.2) is 0 Å². The summed E-state index contributed by atoms with van der Waals surface area (Å²) in [4.78, 5) is 0. The molecule has 0 saturated carbocycles. The Bertz CT molecular complexity index is 15.0. The summed E-state index contributed by atoms with van der Waals surface area (Å²) in [7, 11) is 0. The first-order valence-electron chi connectivity index (χ1n) is 2.00. The Hall–Kier alpha value is -0.110. The van der Waals surface area contributed by atoms with E-state index >= 15 is 0 Å². The second-order valence-corrected chi connectivity index (χ2v) is 1.06. The number of halogens is 1. The molecule has 6 heavy (non-hydrogen) atoms. The molecule has 39 valence electrons. The number of hydrogen-bond donors (Lipinski definition) is 0. The van der Waals surface area contributed by atoms with E-state index in [1.54, 1.807) is 0 Å². The van der Waals surface area contributed by atoms with E-state index in [2.05, 4.69) is 0 Å². The van der Waals surface area contributed by atoms with Gasteiger partial charge in [-0.15, -0.1) is 0 Å². The van der Waals surface area contributed by atoms with E-state index in [9.17, 15) is 5.11 Å². The van der Waals surface area contributed by atoms with Crippen LogP contribution in [0.5, 0.6) is 0 Å². The lowest BCUT2D eigenvalue weighted by atomic mass is 10.4. The van der Waals surface area contributed by atoms with Gasteiger partial charge >= 0.3 is 0 Å². The van der Waals surface area contributed by atoms with Crippen LogP contribution in [0, 0.1) is 0 Å². The lowest BCUT2D eigenvalue weighted by Crippen LogP contribution is -1.72. The first-order valence-corrected chi connectivity index (χ1v) is 2.00. The quantitative estimate of drug-likeness (QED) is 0.491. The zero-order chi connectivity index (χ0) is 4.12. The van der Waals surface area contributed by atoms with E-state index in [1.165, 1.54) is 0 Å². The summed E-state index contributed by atoms with van der Waals surface area (Å²) in [5.74, 6) is 0. The van der Waals surface area contributed by atoms with Crippen molar-refractivity contribution in [2.24, 2.45) is 0 Å². The molecule has 0 atom stereocenters. The number of rotatable bonds is 2. The summed E-state index contributed by atoms with van der Waals surface area (Å²) in [6.07, 6.45) is 1.86. The zero-order valence-corrected chi connectivity index (χ0v) is 3.94. The lowest BCUT2D eigenvalue weighted by Gasteiger charge is -1.76. The molecule has 0 amide bonds. The summed E-state index contributed by atoms with van der Waals surface area (Å²) >= 11 is 0. The fraction of sp³-hybridized carbons (Fsp3) is 1.00. The first kappa shape index (κ1) is 9.31. The van der Waals surface area contributed by atoms with E-state index in [0.717, 1.165) is 12.8 Å². The fourth-order valence-electron chi connectivity index (χ4n) is 0.144. The number of unbranched alkanes of at least 4 members (excludes halogenated alkanes) is 1. The SMILES string of the molecule is CCCC[O].F. The molecule has 0 unspecified atom stereocenters. The van der Waals surface area contributed by atoms with Gasteiger partial charge in [-0.05, 0) is 6.42 Å². The molecule has 0 spiro atoms. The van der Waals surface area contributed by atoms with Crippen molar-refractivity contribution in [3.8, 4) is 0 Å². The molecule has 0 aliphatic rings. The largest absolute Gasteiger partial charge is 0.269 e. The summed E-state index contributed by atoms with van der Waals surface area (Å²) in [6, 6.07) is 0. The van der Waals surface area contributed by atoms with Crippen LogP contribution in [0.4, 0.5) is 4.70 Å². The van der Waals surface area contributed by atoms with Crippen molar-refractivity contribution in [3.05, 3.63) is 0 Å². The highest BCUT2D eigenvalue weighted by Gasteiger charge is 1.71. The standard InChI is InChI=1S/C4H9O.FH/c1-2-3-4-5;/h2-4H2,1H3;1H. The Morgan fingerprint density at radius 1 is 1.50 bits per heavy atom. The molecule has 0 saturated heterocycles. The van der Waals surface area contributed by atoms with Crippen LogP contribution in [-0.4, -0.2) is 6.61 Å². The Kier molecular flexibility index (Phi) is 13.7. The van der Waals surface area contributed by atoms with Crippen LogP contribution in [0.2, 0.25) is 0 Å². The maximum Gasteiger partial charge on any atom is 0.0822 e. The Morgan fingerprint density at radius 3 is 2.00 bits per heavy atom. The van der Waals surface area contributed by atoms with Crippen molar-refractivity contribution in [2.75, 3.05) is 6.61 Å². The third-order valence-corrected chi connectivity index (χ3v) is 0.498. The highest BCUT2D eigenvalue weighted by atomic mass is 19.0. The molecule has 0 N–H and O–H groups in total. The van der Waals surface area contributed by atoms with Crippen LogP contribution in [0.25, 0.3) is 0 Å². The van der Waals surface area contributed by atoms with Gasteiger partial charge in [0.2, 0.25) is 0 Å². The molecular weight excluding hydrogens is 83.0 g/mol. The predicted molar refractivity (Wildman–Crippen MR) is 23.0 cm³/mol. The summed E-state index contributed by atoms with van der Waals surface area (Å²) < 4.78 is 0. The van der Waals surface area contributed by atoms with Crippen molar-refractivity contribution >= 4 is 0 Å². The highest BCUT2D eigenvalue weighted by Crippen LogP contribution is 1.79. The molecule has 0 aromatic rings. The topological polar surface area (TPSA) is 19.9 Å². The first-order chi connectivity index (χ1) is 2.41. The maximum atomic E-state index is 9.53. The van der Waals surface area contributed by atoms with E-state index in [4.69, 9.17) is 0 Å². The smallest absolute Gasteiger partial charge is 0.0822 e. The van der Waals surface area contributed by atoms with Gasteiger partial charge < -0.3 is 0 Å². The van der Waals surface area contributed by atoms with Crippen molar-refractivity contribution < 1.29 is 9.81 Å². The van der Waals surface area contributed by atoms with Gasteiger partial charge in [-0.1, -0.05) is 13.3 Å². The molecule has 0 aromatic carbocycles. The van der Waals surface area contributed by atoms with Gasteiger partial charge in [0.25, 0.3) is 0 Å². The molecule has 0 aromatic heterocycles. The molecule has 2 heteroatoms. The lowest BCUT2D eigenvalue weighted by molar-refractivity contribution is 0.188. The van der Waals surface area contributed by atoms with Crippen LogP contribution in [0.15, 0.2) is 0 Å². The zero-order valence-electron chi connectivity index (χ0n) is 3.94. The normalized spacial score (nSPS) is 7.00. The van der Waals surface area contributed by atoms with Crippen molar-refractivity contribution in [2.45, 2.75) is 19.8 Å². The average Bonchev–Trinajstić information content (AvgIpc) is 1.41. The fourth-order valence-corrected chi connectivity index (χ4v) is 0.144. The molecule has 0 aliphatic heterocycles. The summed E-state index contributed by atoms with van der Waals surface area (Å²) in [5, 5.41) is 9.53. The molecule has 0 rings (SSSR count). The van der Waals surface area contributed by atoms with Gasteiger partial charge in [-0.2, -0.15) is 0 Å². The van der Waals surface area contributed by atoms with Crippen LogP contribution < -0.4 is 0 Å². The minimum absolute atomic E-state index is 0. The monoisotopic (exact) mass is 93.1 g/mol. The van der Waals surface area contributed by atoms with Crippen LogP contribution in [0.1, 0.15) is 19.8 Å². The van der Waals surface area contributed by atoms with Gasteiger partial charge in [0.05, 0.1) is 6.61 Å². The maximum absolute atomic E-state index is 9.53. The van der Waals surface area contributed by atoms with Gasteiger partial charge in [0.1, 0.15) is 0 Å². The third kappa shape index (κ3) is 9.10. The average molecular weight is 93.1 g/mol. The van der Waals surface area contributed by atoms with Crippen LogP contribution in [-0.2, 0) is 5.11 Å². The molecule has 0 aliphatic carbocycles. The Labute approximate surface area is 37.4 Å². The molecule has 0 heterocycles. The van der Waals surface area contributed by atoms with Gasteiger partial charge in [-0.25, -0.2) is 5.11 Å². The van der Waals surface area contributed by atoms with Crippen molar-refractivity contribution in [3.63, 3.8) is 0 Å². The molecule has 1 radical (unpaired) electrons. The second kappa shape index (κ2) is 8.86. The van der Waals surface area contributed by atoms with Crippen LogP contribution >= 0.6 is 0 Å². The minimum atomic E-state index is 0. The molecule has 1 nitrogen and oxygen atoms in total. The van der Waals surface area contributed by atoms with E-state index in [0.29, 0.717) is 0 Å². The Balaban J connectivity index is 0. The van der Waals surface area contributed by atoms with Crippen molar-refractivity contribution in [1.82, 2.24) is 0 Å².